The number of methoxy groups -OCH3 is 1. The van der Waals surface area contributed by atoms with Crippen molar-refractivity contribution in [3.8, 4) is 11.5 Å². The van der Waals surface area contributed by atoms with Crippen molar-refractivity contribution >= 4 is 0 Å². The lowest BCUT2D eigenvalue weighted by molar-refractivity contribution is 0.0897. The molecule has 0 saturated carbocycles. The van der Waals surface area contributed by atoms with Crippen molar-refractivity contribution in [1.29, 1.82) is 0 Å². The Balaban J connectivity index is 1.31. The first kappa shape index (κ1) is 16.4. The number of hydrogen-bond donors (Lipinski definition) is 0. The van der Waals surface area contributed by atoms with Crippen molar-refractivity contribution in [1.82, 2.24) is 9.88 Å². The Morgan fingerprint density at radius 1 is 1.08 bits per heavy atom. The number of nitrogens with zero attached hydrogens (tertiary/aromatic N) is 2. The smallest absolute Gasteiger partial charge is 0.122 e. The lowest BCUT2D eigenvalue weighted by Crippen LogP contribution is -2.26. The average Bonchev–Trinajstić information content (AvgIpc) is 3.22. The monoisotopic (exact) mass is 340 g/mol. The molecule has 1 aromatic carbocycles. The number of aromatic nitrogens is 1. The van der Waals surface area contributed by atoms with Gasteiger partial charge in [-0.25, -0.2) is 0 Å². The minimum atomic E-state index is 0.337. The molecule has 2 aromatic rings. The van der Waals surface area contributed by atoms with Crippen molar-refractivity contribution in [3.63, 3.8) is 0 Å². The summed E-state index contributed by atoms with van der Waals surface area (Å²) < 4.78 is 17.2. The Morgan fingerprint density at radius 2 is 1.88 bits per heavy atom. The van der Waals surface area contributed by atoms with Gasteiger partial charge in [0.1, 0.15) is 11.5 Å². The van der Waals surface area contributed by atoms with Gasteiger partial charge in [0.15, 0.2) is 0 Å². The molecule has 4 rings (SSSR count). The second-order valence-electron chi connectivity index (χ2n) is 6.83. The largest absolute Gasteiger partial charge is 0.497 e. The Hall–Kier alpha value is -2.11. The van der Waals surface area contributed by atoms with Crippen molar-refractivity contribution in [2.24, 2.45) is 11.8 Å². The standard InChI is InChI=1S/C20H24N2O3/c1-23-17-4-2-15(3-5-17)10-22-11-19-16(14-25-20(19)12-22)13-24-18-6-8-21-9-7-18/h2-9,16,19-20H,10-14H2,1H3/t16-,19-,20-/m1/s1. The third-order valence-electron chi connectivity index (χ3n) is 5.19. The van der Waals surface area contributed by atoms with Gasteiger partial charge in [0.25, 0.3) is 0 Å². The molecule has 2 aliphatic rings. The van der Waals surface area contributed by atoms with Gasteiger partial charge in [0, 0.05) is 43.9 Å². The van der Waals surface area contributed by atoms with Crippen LogP contribution < -0.4 is 9.47 Å². The summed E-state index contributed by atoms with van der Waals surface area (Å²) in [7, 11) is 1.70. The third kappa shape index (κ3) is 3.78. The van der Waals surface area contributed by atoms with Crippen molar-refractivity contribution in [2.45, 2.75) is 12.6 Å². The molecular formula is C20H24N2O3. The van der Waals surface area contributed by atoms with E-state index in [1.54, 1.807) is 19.5 Å². The zero-order chi connectivity index (χ0) is 17.1. The average molecular weight is 340 g/mol. The van der Waals surface area contributed by atoms with E-state index in [4.69, 9.17) is 14.2 Å². The highest BCUT2D eigenvalue weighted by Crippen LogP contribution is 2.34. The van der Waals surface area contributed by atoms with Crippen LogP contribution in [0.25, 0.3) is 0 Å². The van der Waals surface area contributed by atoms with E-state index in [0.717, 1.165) is 37.7 Å². The minimum absolute atomic E-state index is 0.337. The summed E-state index contributed by atoms with van der Waals surface area (Å²) in [5.41, 5.74) is 1.31. The van der Waals surface area contributed by atoms with Crippen LogP contribution in [0.15, 0.2) is 48.8 Å². The molecule has 5 heteroatoms. The predicted octanol–water partition coefficient (Wildman–Crippen LogP) is 2.62. The Kier molecular flexibility index (Phi) is 4.85. The molecule has 3 heterocycles. The van der Waals surface area contributed by atoms with E-state index in [1.165, 1.54) is 5.56 Å². The van der Waals surface area contributed by atoms with Crippen LogP contribution in [0, 0.1) is 11.8 Å². The maximum absolute atomic E-state index is 6.03. The maximum atomic E-state index is 6.03. The summed E-state index contributed by atoms with van der Waals surface area (Å²) in [5.74, 6) is 2.80. The quantitative estimate of drug-likeness (QED) is 0.809. The molecule has 0 spiro atoms. The van der Waals surface area contributed by atoms with Crippen LogP contribution in [0.3, 0.4) is 0 Å². The van der Waals surface area contributed by atoms with Gasteiger partial charge in [-0.05, 0) is 29.8 Å². The summed E-state index contributed by atoms with van der Waals surface area (Å²) in [5, 5.41) is 0. The fourth-order valence-electron chi connectivity index (χ4n) is 3.81. The van der Waals surface area contributed by atoms with Gasteiger partial charge in [-0.3, -0.25) is 9.88 Å². The van der Waals surface area contributed by atoms with E-state index >= 15 is 0 Å². The van der Waals surface area contributed by atoms with E-state index < -0.39 is 0 Å². The first-order valence-electron chi connectivity index (χ1n) is 8.81. The van der Waals surface area contributed by atoms with Gasteiger partial charge in [0.05, 0.1) is 26.4 Å². The SMILES string of the molecule is COc1ccc(CN2C[C@@H]3[C@H](COc4ccncc4)CO[C@@H]3C2)cc1. The highest BCUT2D eigenvalue weighted by atomic mass is 16.5. The Bertz CT molecular complexity index is 677. The molecular weight excluding hydrogens is 316 g/mol. The van der Waals surface area contributed by atoms with Crippen LogP contribution in [0.5, 0.6) is 11.5 Å². The highest BCUT2D eigenvalue weighted by molar-refractivity contribution is 5.27. The maximum Gasteiger partial charge on any atom is 0.122 e. The van der Waals surface area contributed by atoms with Crippen LogP contribution in [0.4, 0.5) is 0 Å². The molecule has 25 heavy (non-hydrogen) atoms. The van der Waals surface area contributed by atoms with Gasteiger partial charge in [-0.2, -0.15) is 0 Å². The Labute approximate surface area is 148 Å². The first-order chi connectivity index (χ1) is 12.3. The number of pyridine rings is 1. The second kappa shape index (κ2) is 7.42. The van der Waals surface area contributed by atoms with Crippen LogP contribution in [0.2, 0.25) is 0 Å². The van der Waals surface area contributed by atoms with Gasteiger partial charge in [-0.1, -0.05) is 12.1 Å². The zero-order valence-electron chi connectivity index (χ0n) is 14.5. The second-order valence-corrected chi connectivity index (χ2v) is 6.83. The molecule has 0 radical (unpaired) electrons. The third-order valence-corrected chi connectivity index (χ3v) is 5.19. The molecule has 5 nitrogen and oxygen atoms in total. The zero-order valence-corrected chi connectivity index (χ0v) is 14.5. The molecule has 2 aliphatic heterocycles. The van der Waals surface area contributed by atoms with E-state index in [-0.39, 0.29) is 0 Å². The fourth-order valence-corrected chi connectivity index (χ4v) is 3.81. The number of likely N-dealkylation sites (tertiary alicyclic amines) is 1. The van der Waals surface area contributed by atoms with Crippen molar-refractivity contribution < 1.29 is 14.2 Å². The van der Waals surface area contributed by atoms with Crippen molar-refractivity contribution in [3.05, 3.63) is 54.4 Å². The number of rotatable bonds is 6. The lowest BCUT2D eigenvalue weighted by Gasteiger charge is -2.20. The van der Waals surface area contributed by atoms with Crippen LogP contribution in [-0.2, 0) is 11.3 Å². The lowest BCUT2D eigenvalue weighted by atomic mass is 9.94. The molecule has 1 aromatic heterocycles. The van der Waals surface area contributed by atoms with Crippen molar-refractivity contribution in [2.75, 3.05) is 33.4 Å². The van der Waals surface area contributed by atoms with E-state index in [9.17, 15) is 0 Å². The normalized spacial score (nSPS) is 25.7. The number of benzene rings is 1. The van der Waals surface area contributed by atoms with E-state index in [1.807, 2.05) is 24.3 Å². The molecule has 2 fully saturated rings. The summed E-state index contributed by atoms with van der Waals surface area (Å²) in [6.07, 6.45) is 3.86. The molecule has 0 bridgehead atoms. The van der Waals surface area contributed by atoms with E-state index in [2.05, 4.69) is 22.0 Å². The van der Waals surface area contributed by atoms with Gasteiger partial charge >= 0.3 is 0 Å². The predicted molar refractivity (Wildman–Crippen MR) is 94.7 cm³/mol. The minimum Gasteiger partial charge on any atom is -0.497 e. The molecule has 0 amide bonds. The van der Waals surface area contributed by atoms with Gasteiger partial charge in [-0.15, -0.1) is 0 Å². The number of fused-ring (bicyclic) bond motifs is 1. The number of hydrogen-bond acceptors (Lipinski definition) is 5. The van der Waals surface area contributed by atoms with Crippen LogP contribution in [-0.4, -0.2) is 49.4 Å². The van der Waals surface area contributed by atoms with Gasteiger partial charge in [0.2, 0.25) is 0 Å². The van der Waals surface area contributed by atoms with Crippen LogP contribution >= 0.6 is 0 Å². The summed E-state index contributed by atoms with van der Waals surface area (Å²) >= 11 is 0. The number of ether oxygens (including phenoxy) is 3. The summed E-state index contributed by atoms with van der Waals surface area (Å²) in [6.45, 7) is 4.54. The molecule has 0 unspecified atom stereocenters. The summed E-state index contributed by atoms with van der Waals surface area (Å²) in [6, 6.07) is 12.1. The molecule has 0 N–H and O–H groups in total. The fraction of sp³-hybridized carbons (Fsp3) is 0.450. The Morgan fingerprint density at radius 3 is 2.64 bits per heavy atom. The first-order valence-corrected chi connectivity index (χ1v) is 8.81. The highest BCUT2D eigenvalue weighted by Gasteiger charge is 2.43. The topological polar surface area (TPSA) is 43.8 Å². The van der Waals surface area contributed by atoms with Crippen LogP contribution in [0.1, 0.15) is 5.56 Å². The van der Waals surface area contributed by atoms with Gasteiger partial charge < -0.3 is 14.2 Å². The molecule has 0 aliphatic carbocycles. The van der Waals surface area contributed by atoms with E-state index in [0.29, 0.717) is 24.5 Å². The summed E-state index contributed by atoms with van der Waals surface area (Å²) in [4.78, 5) is 6.50. The molecule has 3 atom stereocenters. The molecule has 2 saturated heterocycles. The molecule has 132 valence electrons.